The number of hydrogen-bond donors (Lipinski definition) is 4. The van der Waals surface area contributed by atoms with Crippen molar-refractivity contribution in [1.82, 2.24) is 14.6 Å². The third-order valence-corrected chi connectivity index (χ3v) is 4.85. The Morgan fingerprint density at radius 2 is 2.18 bits per heavy atom. The fraction of sp³-hybridized carbons (Fsp3) is 0.250. The summed E-state index contributed by atoms with van der Waals surface area (Å²) in [5, 5.41) is 7.33. The molecule has 13 nitrogen and oxygen atoms in total. The van der Waals surface area contributed by atoms with Crippen LogP contribution in [0.2, 0.25) is 0 Å². The smallest absolute Gasteiger partial charge is 1.00 e. The molecule has 1 aliphatic rings. The van der Waals surface area contributed by atoms with E-state index >= 15 is 0 Å². The van der Waals surface area contributed by atoms with Crippen LogP contribution in [0.5, 0.6) is 0 Å². The van der Waals surface area contributed by atoms with E-state index in [1.165, 1.54) is 12.5 Å². The van der Waals surface area contributed by atoms with E-state index in [9.17, 15) is 22.8 Å². The van der Waals surface area contributed by atoms with Crippen LogP contribution in [0.25, 0.3) is 0 Å². The Hall–Kier alpha value is -2.04. The van der Waals surface area contributed by atoms with Gasteiger partial charge >= 0.3 is 39.9 Å². The maximum atomic E-state index is 12.4. The molecule has 1 aromatic heterocycles. The van der Waals surface area contributed by atoms with Crippen LogP contribution in [0.3, 0.4) is 0 Å². The van der Waals surface area contributed by atoms with Gasteiger partial charge in [-0.15, -0.1) is 11.3 Å². The van der Waals surface area contributed by atoms with Crippen molar-refractivity contribution < 1.29 is 63.2 Å². The van der Waals surface area contributed by atoms with E-state index in [4.69, 9.17) is 16.0 Å². The molecule has 16 heteroatoms. The molecule has 0 spiro atoms. The number of rotatable bonds is 7. The van der Waals surface area contributed by atoms with E-state index in [0.717, 1.165) is 23.5 Å². The Balaban J connectivity index is 0.00000392. The van der Waals surface area contributed by atoms with Gasteiger partial charge in [0.15, 0.2) is 10.8 Å². The SMILES string of the molecule is CO/N=C(\C(=O)N[C@@H]1C(=O)N(S(=O)(=O)O)[C@H]1C=CC(N)=O)c1csc(N)n1.[H-].[Na+]. The number of anilines is 1. The molecule has 3 amide bonds. The summed E-state index contributed by atoms with van der Waals surface area (Å²) in [7, 11) is -3.74. The number of β-lactam (4-membered cyclic amide) rings is 1. The first-order valence-electron chi connectivity index (χ1n) is 6.98. The number of nitrogen functional groups attached to an aromatic ring is 1. The summed E-state index contributed by atoms with van der Waals surface area (Å²) in [6, 6.07) is -2.78. The number of nitrogens with one attached hydrogen (secondary N) is 1. The largest absolute Gasteiger partial charge is 1.00 e. The minimum absolute atomic E-state index is 0. The number of amides is 3. The van der Waals surface area contributed by atoms with Crippen molar-refractivity contribution in [3.8, 4) is 0 Å². The van der Waals surface area contributed by atoms with Gasteiger partial charge in [0, 0.05) is 11.5 Å². The monoisotopic (exact) mass is 442 g/mol. The zero-order valence-electron chi connectivity index (χ0n) is 15.6. The molecule has 1 saturated heterocycles. The van der Waals surface area contributed by atoms with Gasteiger partial charge < -0.3 is 23.0 Å². The molecular formula is C12H15N6NaO7S2. The van der Waals surface area contributed by atoms with Crippen molar-refractivity contribution in [3.05, 3.63) is 23.2 Å². The van der Waals surface area contributed by atoms with E-state index in [1.807, 2.05) is 0 Å². The van der Waals surface area contributed by atoms with Crippen molar-refractivity contribution in [2.45, 2.75) is 12.1 Å². The number of nitrogens with zero attached hydrogens (tertiary/aromatic N) is 3. The molecule has 2 atom stereocenters. The van der Waals surface area contributed by atoms with Crippen molar-refractivity contribution >= 4 is 50.2 Å². The minimum Gasteiger partial charge on any atom is -1.00 e. The van der Waals surface area contributed by atoms with Crippen LogP contribution in [0, 0.1) is 0 Å². The number of aromatic nitrogens is 1. The molecule has 2 rings (SSSR count). The molecule has 0 aromatic carbocycles. The zero-order valence-corrected chi connectivity index (χ0v) is 18.2. The van der Waals surface area contributed by atoms with Gasteiger partial charge in [0.2, 0.25) is 5.91 Å². The van der Waals surface area contributed by atoms with Gasteiger partial charge in [0.25, 0.3) is 11.8 Å². The fourth-order valence-corrected chi connectivity index (χ4v) is 3.57. The van der Waals surface area contributed by atoms with Crippen LogP contribution in [0.4, 0.5) is 5.13 Å². The molecule has 0 bridgehead atoms. The van der Waals surface area contributed by atoms with Crippen molar-refractivity contribution in [2.24, 2.45) is 10.9 Å². The predicted molar refractivity (Wildman–Crippen MR) is 93.6 cm³/mol. The molecule has 0 radical (unpaired) electrons. The number of hydrogen-bond acceptors (Lipinski definition) is 10. The number of oxime groups is 1. The van der Waals surface area contributed by atoms with Crippen molar-refractivity contribution in [1.29, 1.82) is 0 Å². The first-order chi connectivity index (χ1) is 12.6. The number of carbonyl (C=O) groups is 3. The van der Waals surface area contributed by atoms with Gasteiger partial charge in [-0.3, -0.25) is 18.9 Å². The van der Waals surface area contributed by atoms with Gasteiger partial charge in [-0.25, -0.2) is 9.29 Å². The van der Waals surface area contributed by atoms with Gasteiger partial charge in [0.1, 0.15) is 18.8 Å². The van der Waals surface area contributed by atoms with E-state index in [-0.39, 0.29) is 51.8 Å². The number of carbonyl (C=O) groups excluding carboxylic acids is 3. The van der Waals surface area contributed by atoms with Crippen LogP contribution in [-0.4, -0.2) is 64.9 Å². The molecule has 28 heavy (non-hydrogen) atoms. The second-order valence-corrected chi connectivity index (χ2v) is 7.19. The summed E-state index contributed by atoms with van der Waals surface area (Å²) in [5.74, 6) is -2.97. The Kier molecular flexibility index (Phi) is 8.09. The van der Waals surface area contributed by atoms with Crippen LogP contribution in [0.15, 0.2) is 22.7 Å². The van der Waals surface area contributed by atoms with Crippen molar-refractivity contribution in [2.75, 3.05) is 12.8 Å². The molecule has 2 heterocycles. The normalized spacial score (nSPS) is 19.7. The maximum Gasteiger partial charge on any atom is 1.00 e. The van der Waals surface area contributed by atoms with Gasteiger partial charge in [-0.1, -0.05) is 11.2 Å². The van der Waals surface area contributed by atoms with Crippen molar-refractivity contribution in [3.63, 3.8) is 0 Å². The van der Waals surface area contributed by atoms with E-state index in [2.05, 4.69) is 20.3 Å². The molecule has 1 aliphatic heterocycles. The van der Waals surface area contributed by atoms with Gasteiger partial charge in [-0.05, 0) is 0 Å². The molecule has 0 unspecified atom stereocenters. The van der Waals surface area contributed by atoms with Crippen LogP contribution >= 0.6 is 11.3 Å². The predicted octanol–water partition coefficient (Wildman–Crippen LogP) is -5.27. The Morgan fingerprint density at radius 3 is 2.64 bits per heavy atom. The summed E-state index contributed by atoms with van der Waals surface area (Å²) < 4.78 is 31.8. The second kappa shape index (κ2) is 9.44. The first kappa shape index (κ1) is 24.0. The Labute approximate surface area is 186 Å². The van der Waals surface area contributed by atoms with Crippen LogP contribution in [-0.2, 0) is 29.5 Å². The quantitative estimate of drug-likeness (QED) is 0.0793. The minimum atomic E-state index is -4.91. The van der Waals surface area contributed by atoms with Gasteiger partial charge in [-0.2, -0.15) is 8.42 Å². The molecule has 148 valence electrons. The van der Waals surface area contributed by atoms with E-state index < -0.39 is 40.1 Å². The number of thiazole rings is 1. The standard InChI is InChI=1S/C12H14N6O7S2.Na.H/c1-25-17-8(5-4-26-12(14)15-5)10(20)16-9-6(2-3-7(13)19)18(11(9)21)27(22,23)24;;/h2-4,6,9H,1H3,(H2,13,19)(H2,14,15)(H,16,20)(H,22,23,24);;/q;+1;-1/b3-2?,17-8-;;/t6-,9-;;/m0../s1. The summed E-state index contributed by atoms with van der Waals surface area (Å²) in [6.07, 6.45) is 1.75. The molecule has 0 aliphatic carbocycles. The van der Waals surface area contributed by atoms with E-state index in [1.54, 1.807) is 0 Å². The molecule has 0 saturated carbocycles. The topological polar surface area (TPSA) is 207 Å². The summed E-state index contributed by atoms with van der Waals surface area (Å²) in [4.78, 5) is 43.8. The zero-order chi connectivity index (χ0) is 20.4. The first-order valence-corrected chi connectivity index (χ1v) is 9.25. The molecule has 6 N–H and O–H groups in total. The third-order valence-electron chi connectivity index (χ3n) is 3.25. The summed E-state index contributed by atoms with van der Waals surface area (Å²) >= 11 is 1.03. The summed E-state index contributed by atoms with van der Waals surface area (Å²) in [5.41, 5.74) is 10.2. The molecule has 1 fully saturated rings. The third kappa shape index (κ3) is 5.27. The number of primary amides is 1. The molecular weight excluding hydrogens is 427 g/mol. The Morgan fingerprint density at radius 1 is 1.54 bits per heavy atom. The van der Waals surface area contributed by atoms with Crippen LogP contribution < -0.4 is 46.3 Å². The van der Waals surface area contributed by atoms with Crippen LogP contribution in [0.1, 0.15) is 7.12 Å². The Bertz CT molecular complexity index is 950. The fourth-order valence-electron chi connectivity index (χ4n) is 2.18. The summed E-state index contributed by atoms with van der Waals surface area (Å²) in [6.45, 7) is 0. The van der Waals surface area contributed by atoms with E-state index in [0.29, 0.717) is 0 Å². The molecule has 1 aromatic rings. The second-order valence-electron chi connectivity index (χ2n) is 5.01. The average molecular weight is 442 g/mol. The average Bonchev–Trinajstić information content (AvgIpc) is 2.98. The number of nitrogens with two attached hydrogens (primary N) is 2. The maximum absolute atomic E-state index is 12.4. The van der Waals surface area contributed by atoms with Gasteiger partial charge in [0.05, 0.1) is 6.04 Å².